The highest BCUT2D eigenvalue weighted by Crippen LogP contribution is 2.19. The van der Waals surface area contributed by atoms with Gasteiger partial charge in [-0.3, -0.25) is 14.2 Å². The summed E-state index contributed by atoms with van der Waals surface area (Å²) in [5.74, 6) is -0.568. The van der Waals surface area contributed by atoms with Gasteiger partial charge in [-0.2, -0.15) is 8.78 Å². The zero-order chi connectivity index (χ0) is 17.1. The van der Waals surface area contributed by atoms with Gasteiger partial charge >= 0.3 is 6.55 Å². The summed E-state index contributed by atoms with van der Waals surface area (Å²) in [6, 6.07) is 2.69. The molecule has 1 aromatic rings. The molecule has 0 spiro atoms. The predicted octanol–water partition coefficient (Wildman–Crippen LogP) is 2.57. The highest BCUT2D eigenvalue weighted by Gasteiger charge is 2.27. The lowest BCUT2D eigenvalue weighted by Gasteiger charge is -2.34. The molecule has 2 heterocycles. The lowest BCUT2D eigenvalue weighted by Crippen LogP contribution is -2.50. The number of carbonyl (C=O) groups excluding carboxylic acids is 2. The van der Waals surface area contributed by atoms with E-state index in [1.807, 2.05) is 13.8 Å². The number of rotatable bonds is 4. The van der Waals surface area contributed by atoms with Crippen molar-refractivity contribution in [3.8, 4) is 0 Å². The van der Waals surface area contributed by atoms with Gasteiger partial charge in [-0.1, -0.05) is 13.8 Å². The highest BCUT2D eigenvalue weighted by atomic mass is 19.3. The second-order valence-corrected chi connectivity index (χ2v) is 6.26. The Kier molecular flexibility index (Phi) is 5.38. The van der Waals surface area contributed by atoms with Crippen molar-refractivity contribution in [1.29, 1.82) is 0 Å². The first-order valence-corrected chi connectivity index (χ1v) is 7.87. The minimum atomic E-state index is -2.75. The fourth-order valence-corrected chi connectivity index (χ4v) is 2.91. The van der Waals surface area contributed by atoms with Crippen LogP contribution in [0.2, 0.25) is 0 Å². The molecule has 0 aromatic carbocycles. The molecule has 2 amide bonds. The summed E-state index contributed by atoms with van der Waals surface area (Å²) in [7, 11) is 0. The average molecular weight is 327 g/mol. The van der Waals surface area contributed by atoms with Crippen LogP contribution in [0.25, 0.3) is 0 Å². The molecule has 1 atom stereocenters. The third-order valence-electron chi connectivity index (χ3n) is 4.11. The molecule has 0 saturated carbocycles. The molecule has 0 unspecified atom stereocenters. The molecule has 0 bridgehead atoms. The zero-order valence-electron chi connectivity index (χ0n) is 13.7. The van der Waals surface area contributed by atoms with Crippen LogP contribution < -0.4 is 5.32 Å². The van der Waals surface area contributed by atoms with Crippen molar-refractivity contribution in [2.75, 3.05) is 13.1 Å². The SMILES string of the molecule is Cc1ccc(C(=O)N[C@H]2CCCN(C(=O)C(C)C)C2)n1C(F)F. The van der Waals surface area contributed by atoms with E-state index in [1.54, 1.807) is 4.90 Å². The number of amides is 2. The molecule has 128 valence electrons. The third kappa shape index (κ3) is 3.89. The number of aryl methyl sites for hydroxylation is 1. The number of hydrogen-bond acceptors (Lipinski definition) is 2. The number of alkyl halides is 2. The van der Waals surface area contributed by atoms with E-state index in [2.05, 4.69) is 5.32 Å². The Bertz CT molecular complexity index is 584. The largest absolute Gasteiger partial charge is 0.346 e. The number of carbonyl (C=O) groups is 2. The van der Waals surface area contributed by atoms with Crippen LogP contribution >= 0.6 is 0 Å². The van der Waals surface area contributed by atoms with Crippen molar-refractivity contribution < 1.29 is 18.4 Å². The van der Waals surface area contributed by atoms with Crippen LogP contribution in [-0.4, -0.2) is 40.4 Å². The van der Waals surface area contributed by atoms with Gasteiger partial charge < -0.3 is 10.2 Å². The minimum Gasteiger partial charge on any atom is -0.346 e. The first kappa shape index (κ1) is 17.4. The normalized spacial score (nSPS) is 18.6. The van der Waals surface area contributed by atoms with Crippen molar-refractivity contribution in [3.63, 3.8) is 0 Å². The number of piperidine rings is 1. The summed E-state index contributed by atoms with van der Waals surface area (Å²) in [4.78, 5) is 26.1. The van der Waals surface area contributed by atoms with Gasteiger partial charge in [0.05, 0.1) is 0 Å². The second-order valence-electron chi connectivity index (χ2n) is 6.26. The maximum atomic E-state index is 13.0. The summed E-state index contributed by atoms with van der Waals surface area (Å²) in [6.45, 7) is 3.56. The number of likely N-dealkylation sites (tertiary alicyclic amines) is 1. The fraction of sp³-hybridized carbons (Fsp3) is 0.625. The fourth-order valence-electron chi connectivity index (χ4n) is 2.91. The van der Waals surface area contributed by atoms with Crippen molar-refractivity contribution in [3.05, 3.63) is 23.5 Å². The Morgan fingerprint density at radius 2 is 2.00 bits per heavy atom. The van der Waals surface area contributed by atoms with Crippen LogP contribution in [0.3, 0.4) is 0 Å². The quantitative estimate of drug-likeness (QED) is 0.924. The molecular weight excluding hydrogens is 304 g/mol. The number of hydrogen-bond donors (Lipinski definition) is 1. The monoisotopic (exact) mass is 327 g/mol. The molecule has 1 fully saturated rings. The lowest BCUT2D eigenvalue weighted by atomic mass is 10.0. The molecule has 5 nitrogen and oxygen atoms in total. The number of nitrogens with zero attached hydrogens (tertiary/aromatic N) is 2. The van der Waals surface area contributed by atoms with E-state index in [1.165, 1.54) is 19.1 Å². The van der Waals surface area contributed by atoms with Crippen LogP contribution in [0.4, 0.5) is 8.78 Å². The Labute approximate surface area is 134 Å². The Morgan fingerprint density at radius 1 is 1.30 bits per heavy atom. The van der Waals surface area contributed by atoms with E-state index in [0.717, 1.165) is 17.4 Å². The van der Waals surface area contributed by atoms with Crippen molar-refractivity contribution in [1.82, 2.24) is 14.8 Å². The molecule has 2 rings (SSSR count). The smallest absolute Gasteiger partial charge is 0.319 e. The summed E-state index contributed by atoms with van der Waals surface area (Å²) < 4.78 is 26.8. The summed E-state index contributed by atoms with van der Waals surface area (Å²) in [5.41, 5.74) is 0.287. The Hall–Kier alpha value is -1.92. The molecule has 1 aliphatic heterocycles. The van der Waals surface area contributed by atoms with Gasteiger partial charge in [0.2, 0.25) is 5.91 Å². The average Bonchev–Trinajstić information content (AvgIpc) is 2.88. The van der Waals surface area contributed by atoms with Crippen LogP contribution in [-0.2, 0) is 4.79 Å². The van der Waals surface area contributed by atoms with Gasteiger partial charge in [-0.25, -0.2) is 0 Å². The van der Waals surface area contributed by atoms with Crippen LogP contribution in [0.1, 0.15) is 49.4 Å². The molecule has 1 N–H and O–H groups in total. The molecule has 0 radical (unpaired) electrons. The predicted molar refractivity (Wildman–Crippen MR) is 82.3 cm³/mol. The Balaban J connectivity index is 2.04. The van der Waals surface area contributed by atoms with Gasteiger partial charge in [-0.05, 0) is 31.9 Å². The minimum absolute atomic E-state index is 0.0511. The molecular formula is C16H23F2N3O2. The molecule has 1 aromatic heterocycles. The lowest BCUT2D eigenvalue weighted by molar-refractivity contribution is -0.135. The van der Waals surface area contributed by atoms with Crippen LogP contribution in [0, 0.1) is 12.8 Å². The van der Waals surface area contributed by atoms with Crippen molar-refractivity contribution >= 4 is 11.8 Å². The topological polar surface area (TPSA) is 54.3 Å². The van der Waals surface area contributed by atoms with E-state index >= 15 is 0 Å². The summed E-state index contributed by atoms with van der Waals surface area (Å²) in [6.07, 6.45) is 1.53. The van der Waals surface area contributed by atoms with E-state index in [4.69, 9.17) is 0 Å². The van der Waals surface area contributed by atoms with Crippen LogP contribution in [0.15, 0.2) is 12.1 Å². The highest BCUT2D eigenvalue weighted by molar-refractivity contribution is 5.93. The number of halogens is 2. The van der Waals surface area contributed by atoms with Gasteiger partial charge in [-0.15, -0.1) is 0 Å². The maximum absolute atomic E-state index is 13.0. The number of aromatic nitrogens is 1. The molecule has 1 aliphatic rings. The standard InChI is InChI=1S/C16H23F2N3O2/c1-10(2)15(23)20-8-4-5-12(9-20)19-14(22)13-7-6-11(3)21(13)16(17)18/h6-7,10,12,16H,4-5,8-9H2,1-3H3,(H,19,22)/t12-/m0/s1. The Morgan fingerprint density at radius 3 is 2.61 bits per heavy atom. The maximum Gasteiger partial charge on any atom is 0.319 e. The molecule has 7 heteroatoms. The van der Waals surface area contributed by atoms with Crippen molar-refractivity contribution in [2.45, 2.75) is 46.2 Å². The van der Waals surface area contributed by atoms with E-state index in [-0.39, 0.29) is 23.6 Å². The third-order valence-corrected chi connectivity index (χ3v) is 4.11. The molecule has 0 aliphatic carbocycles. The summed E-state index contributed by atoms with van der Waals surface area (Å²) >= 11 is 0. The van der Waals surface area contributed by atoms with Crippen molar-refractivity contribution in [2.24, 2.45) is 5.92 Å². The first-order chi connectivity index (χ1) is 10.8. The van der Waals surface area contributed by atoms with E-state index in [0.29, 0.717) is 18.8 Å². The molecule has 23 heavy (non-hydrogen) atoms. The second kappa shape index (κ2) is 7.10. The first-order valence-electron chi connectivity index (χ1n) is 7.87. The van der Waals surface area contributed by atoms with Gasteiger partial charge in [0.1, 0.15) is 5.69 Å². The van der Waals surface area contributed by atoms with Gasteiger partial charge in [0.25, 0.3) is 5.91 Å². The summed E-state index contributed by atoms with van der Waals surface area (Å²) in [5, 5.41) is 2.78. The molecule has 1 saturated heterocycles. The zero-order valence-corrected chi connectivity index (χ0v) is 13.7. The number of nitrogens with one attached hydrogen (secondary N) is 1. The van der Waals surface area contributed by atoms with E-state index < -0.39 is 12.5 Å². The van der Waals surface area contributed by atoms with Crippen LogP contribution in [0.5, 0.6) is 0 Å². The van der Waals surface area contributed by atoms with Gasteiger partial charge in [0.15, 0.2) is 0 Å². The van der Waals surface area contributed by atoms with Gasteiger partial charge in [0, 0.05) is 30.7 Å². The van der Waals surface area contributed by atoms with E-state index in [9.17, 15) is 18.4 Å².